The van der Waals surface area contributed by atoms with Gasteiger partial charge in [-0.1, -0.05) is 114 Å². The minimum absolute atomic E-state index is 0.0340. The van der Waals surface area contributed by atoms with Crippen LogP contribution >= 0.6 is 0 Å². The lowest BCUT2D eigenvalue weighted by Crippen LogP contribution is -2.35. The van der Waals surface area contributed by atoms with Gasteiger partial charge in [-0.2, -0.15) is 0 Å². The van der Waals surface area contributed by atoms with E-state index in [9.17, 15) is 0 Å². The van der Waals surface area contributed by atoms with Gasteiger partial charge < -0.3 is 14.6 Å². The lowest BCUT2D eigenvalue weighted by atomic mass is 10.1. The molecule has 0 spiro atoms. The second kappa shape index (κ2) is 17.4. The lowest BCUT2D eigenvalue weighted by Gasteiger charge is -2.24. The first-order valence-electron chi connectivity index (χ1n) is 15.2. The number of rotatable bonds is 12. The average Bonchev–Trinajstić information content (AvgIpc) is 2.87. The number of aliphatic hydroxyl groups excluding tert-OH is 1. The summed E-state index contributed by atoms with van der Waals surface area (Å²) >= 11 is 0. The van der Waals surface area contributed by atoms with Gasteiger partial charge in [-0.15, -0.1) is 0 Å². The summed E-state index contributed by atoms with van der Waals surface area (Å²) in [5.41, 5.74) is 5.87. The van der Waals surface area contributed by atoms with Crippen LogP contribution in [0, 0.1) is 0 Å². The summed E-state index contributed by atoms with van der Waals surface area (Å²) in [6, 6.07) is 18.2. The van der Waals surface area contributed by atoms with Crippen molar-refractivity contribution in [2.45, 2.75) is 116 Å². The zero-order valence-corrected chi connectivity index (χ0v) is 27.9. The summed E-state index contributed by atoms with van der Waals surface area (Å²) in [5, 5.41) is 12.0. The molecule has 2 aromatic rings. The molecule has 5 heteroatoms. The van der Waals surface area contributed by atoms with Crippen molar-refractivity contribution in [3.63, 3.8) is 0 Å². The summed E-state index contributed by atoms with van der Waals surface area (Å²) in [7, 11) is -1.70. The maximum atomic E-state index is 8.88. The van der Waals surface area contributed by atoms with Gasteiger partial charge >= 0.3 is 0 Å². The van der Waals surface area contributed by atoms with Crippen LogP contribution in [0.15, 0.2) is 48.5 Å². The molecular weight excluding hydrogens is 501 g/mol. The second-order valence-corrected chi connectivity index (χ2v) is 21.2. The van der Waals surface area contributed by atoms with E-state index in [1.807, 2.05) is 0 Å². The van der Waals surface area contributed by atoms with E-state index in [-0.39, 0.29) is 12.9 Å². The molecule has 2 aromatic carbocycles. The van der Waals surface area contributed by atoms with Crippen molar-refractivity contribution in [1.29, 1.82) is 0 Å². The zero-order valence-electron chi connectivity index (χ0n) is 25.6. The molecule has 1 saturated heterocycles. The molecule has 1 heterocycles. The third-order valence-corrected chi connectivity index (χ3v) is 15.9. The fourth-order valence-electron chi connectivity index (χ4n) is 6.17. The van der Waals surface area contributed by atoms with Crippen molar-refractivity contribution in [3.05, 3.63) is 59.7 Å². The normalized spacial score (nSPS) is 16.1. The SMILES string of the molecule is CC(C)[SiH](c1ccc(CCO)cc1)C(C)C.CC(C)[SiH](c1ccc(CCOC2CCCCO2)cc1)C(C)C. The molecule has 1 N–H and O–H groups in total. The van der Waals surface area contributed by atoms with E-state index in [2.05, 4.69) is 104 Å². The Labute approximate surface area is 237 Å². The van der Waals surface area contributed by atoms with Crippen LogP contribution in [0.25, 0.3) is 0 Å². The molecule has 1 atom stereocenters. The minimum Gasteiger partial charge on any atom is -0.396 e. The van der Waals surface area contributed by atoms with Gasteiger partial charge in [0.15, 0.2) is 6.29 Å². The second-order valence-electron chi connectivity index (χ2n) is 12.4. The summed E-state index contributed by atoms with van der Waals surface area (Å²) < 4.78 is 11.4. The number of benzene rings is 2. The highest BCUT2D eigenvalue weighted by Crippen LogP contribution is 2.21. The smallest absolute Gasteiger partial charge is 0.157 e. The van der Waals surface area contributed by atoms with E-state index in [0.29, 0.717) is 0 Å². The Bertz CT molecular complexity index is 856. The van der Waals surface area contributed by atoms with Crippen LogP contribution in [-0.4, -0.2) is 48.8 Å². The molecule has 0 aliphatic carbocycles. The quantitative estimate of drug-likeness (QED) is 0.303. The first kappa shape index (κ1) is 33.0. The van der Waals surface area contributed by atoms with Gasteiger partial charge in [-0.25, -0.2) is 0 Å². The van der Waals surface area contributed by atoms with Gasteiger partial charge in [0.2, 0.25) is 0 Å². The predicted octanol–water partition coefficient (Wildman–Crippen LogP) is 6.50. The van der Waals surface area contributed by atoms with Crippen molar-refractivity contribution in [2.24, 2.45) is 0 Å². The Morgan fingerprint density at radius 3 is 1.53 bits per heavy atom. The van der Waals surface area contributed by atoms with Gasteiger partial charge in [0, 0.05) is 13.2 Å². The number of hydrogen-bond acceptors (Lipinski definition) is 3. The molecular formula is C33H56O3Si2. The molecule has 214 valence electrons. The molecule has 3 nitrogen and oxygen atoms in total. The van der Waals surface area contributed by atoms with E-state index in [1.165, 1.54) is 24.0 Å². The van der Waals surface area contributed by atoms with Gasteiger partial charge in [-0.05, 0) is 65.4 Å². The van der Waals surface area contributed by atoms with Gasteiger partial charge in [0.25, 0.3) is 0 Å². The summed E-state index contributed by atoms with van der Waals surface area (Å²) in [4.78, 5) is 0. The van der Waals surface area contributed by atoms with Crippen molar-refractivity contribution >= 4 is 28.0 Å². The maximum Gasteiger partial charge on any atom is 0.157 e. The largest absolute Gasteiger partial charge is 0.396 e. The van der Waals surface area contributed by atoms with Gasteiger partial charge in [0.1, 0.15) is 0 Å². The molecule has 0 saturated carbocycles. The highest BCUT2D eigenvalue weighted by atomic mass is 28.3. The fourth-order valence-corrected chi connectivity index (χ4v) is 13.6. The minimum atomic E-state index is -0.861. The van der Waals surface area contributed by atoms with Crippen molar-refractivity contribution in [1.82, 2.24) is 0 Å². The average molecular weight is 557 g/mol. The molecule has 1 fully saturated rings. The highest BCUT2D eigenvalue weighted by molar-refractivity contribution is 6.76. The standard InChI is InChI=1S/C19H32O2Si.C14H24OSi/c1-15(2)22(16(3)4)18-10-8-17(9-11-18)12-14-21-19-7-5-6-13-20-19;1-11(2)16(12(3)4)14-7-5-13(6-8-14)9-10-15/h8-11,15-16,19,22H,5-7,12-14H2,1-4H3;5-8,11-12,15-16H,9-10H2,1-4H3. The summed E-state index contributed by atoms with van der Waals surface area (Å²) in [6.45, 7) is 20.8. The van der Waals surface area contributed by atoms with Crippen LogP contribution in [-0.2, 0) is 22.3 Å². The number of ether oxygens (including phenoxy) is 2. The molecule has 0 amide bonds. The van der Waals surface area contributed by atoms with Crippen LogP contribution in [0.1, 0.15) is 85.8 Å². The highest BCUT2D eigenvalue weighted by Gasteiger charge is 2.22. The molecule has 1 unspecified atom stereocenters. The molecule has 0 aromatic heterocycles. The lowest BCUT2D eigenvalue weighted by molar-refractivity contribution is -0.161. The van der Waals surface area contributed by atoms with E-state index >= 15 is 0 Å². The third kappa shape index (κ3) is 11.1. The van der Waals surface area contributed by atoms with E-state index in [0.717, 1.165) is 54.6 Å². The Hall–Kier alpha value is -1.25. The Morgan fingerprint density at radius 2 is 1.16 bits per heavy atom. The van der Waals surface area contributed by atoms with Gasteiger partial charge in [0.05, 0.1) is 24.2 Å². The molecule has 38 heavy (non-hydrogen) atoms. The maximum absolute atomic E-state index is 8.88. The molecule has 1 aliphatic heterocycles. The number of aliphatic hydroxyl groups is 1. The van der Waals surface area contributed by atoms with Crippen molar-refractivity contribution in [3.8, 4) is 0 Å². The van der Waals surface area contributed by atoms with E-state index in [1.54, 1.807) is 10.4 Å². The van der Waals surface area contributed by atoms with E-state index < -0.39 is 17.6 Å². The third-order valence-electron chi connectivity index (χ3n) is 7.84. The van der Waals surface area contributed by atoms with Crippen LogP contribution in [0.2, 0.25) is 22.2 Å². The summed E-state index contributed by atoms with van der Waals surface area (Å²) in [5.74, 6) is 0. The molecule has 0 radical (unpaired) electrons. The van der Waals surface area contributed by atoms with Crippen molar-refractivity contribution in [2.75, 3.05) is 19.8 Å². The Balaban J connectivity index is 0.000000281. The summed E-state index contributed by atoms with van der Waals surface area (Å²) in [6.07, 6.45) is 5.25. The Kier molecular flexibility index (Phi) is 15.1. The molecule has 1 aliphatic rings. The van der Waals surface area contributed by atoms with Crippen LogP contribution in [0.4, 0.5) is 0 Å². The molecule has 0 bridgehead atoms. The molecule has 3 rings (SSSR count). The topological polar surface area (TPSA) is 38.7 Å². The fraction of sp³-hybridized carbons (Fsp3) is 0.636. The first-order chi connectivity index (χ1) is 18.1. The number of hydrogen-bond donors (Lipinski definition) is 1. The van der Waals surface area contributed by atoms with E-state index in [4.69, 9.17) is 14.6 Å². The van der Waals surface area contributed by atoms with Crippen LogP contribution < -0.4 is 10.4 Å². The van der Waals surface area contributed by atoms with Crippen LogP contribution in [0.3, 0.4) is 0 Å². The predicted molar refractivity (Wildman–Crippen MR) is 171 cm³/mol. The monoisotopic (exact) mass is 556 g/mol. The first-order valence-corrected chi connectivity index (χ1v) is 19.0. The van der Waals surface area contributed by atoms with Crippen molar-refractivity contribution < 1.29 is 14.6 Å². The van der Waals surface area contributed by atoms with Crippen LogP contribution in [0.5, 0.6) is 0 Å². The Morgan fingerprint density at radius 1 is 0.711 bits per heavy atom. The van der Waals surface area contributed by atoms with Gasteiger partial charge in [-0.3, -0.25) is 0 Å². The zero-order chi connectivity index (χ0) is 28.1.